The maximum atomic E-state index is 13.2. The first-order valence-corrected chi connectivity index (χ1v) is 49.1. The number of carbonyl (C=O) groups is 4. The zero-order valence-corrected chi connectivity index (χ0v) is 72.8. The van der Waals surface area contributed by atoms with Crippen LogP contribution >= 0.6 is 15.6 Å². The van der Waals surface area contributed by atoms with Crippen molar-refractivity contribution in [3.8, 4) is 0 Å². The van der Waals surface area contributed by atoms with E-state index in [1.54, 1.807) is 0 Å². The lowest BCUT2D eigenvalue weighted by Gasteiger charge is -2.21. The van der Waals surface area contributed by atoms with Crippen LogP contribution in [0, 0.1) is 5.92 Å². The molecule has 0 saturated carbocycles. The quantitative estimate of drug-likeness (QED) is 0.0222. The number of hydrogen-bond acceptors (Lipinski definition) is 15. The van der Waals surface area contributed by atoms with Gasteiger partial charge in [-0.05, 0) is 31.6 Å². The summed E-state index contributed by atoms with van der Waals surface area (Å²) in [7, 11) is -9.92. The van der Waals surface area contributed by atoms with Crippen molar-refractivity contribution in [3.63, 3.8) is 0 Å². The molecule has 5 atom stereocenters. The fourth-order valence-corrected chi connectivity index (χ4v) is 15.6. The monoisotopic (exact) mass is 1580 g/mol. The second-order valence-corrected chi connectivity index (χ2v) is 35.4. The predicted molar refractivity (Wildman–Crippen MR) is 446 cm³/mol. The Bertz CT molecular complexity index is 2050. The van der Waals surface area contributed by atoms with Crippen LogP contribution in [-0.4, -0.2) is 96.7 Å². The number of aliphatic hydroxyl groups is 1. The highest BCUT2D eigenvalue weighted by Gasteiger charge is 2.30. The van der Waals surface area contributed by atoms with Crippen LogP contribution in [0.15, 0.2) is 0 Å². The minimum Gasteiger partial charge on any atom is -0.462 e. The van der Waals surface area contributed by atoms with Crippen molar-refractivity contribution < 1.29 is 80.2 Å². The summed E-state index contributed by atoms with van der Waals surface area (Å²) in [5.41, 5.74) is 0. The minimum absolute atomic E-state index is 0.109. The van der Waals surface area contributed by atoms with Crippen LogP contribution in [-0.2, 0) is 65.4 Å². The Morgan fingerprint density at radius 2 is 0.426 bits per heavy atom. The summed E-state index contributed by atoms with van der Waals surface area (Å²) < 4.78 is 68.9. The van der Waals surface area contributed by atoms with Crippen molar-refractivity contribution in [3.05, 3.63) is 0 Å². The molecule has 0 bridgehead atoms. The molecule has 0 spiro atoms. The van der Waals surface area contributed by atoms with E-state index in [4.69, 9.17) is 37.0 Å². The number of phosphoric acid groups is 2. The highest BCUT2D eigenvalue weighted by atomic mass is 31.2. The van der Waals surface area contributed by atoms with Crippen LogP contribution in [0.25, 0.3) is 0 Å². The second-order valence-electron chi connectivity index (χ2n) is 32.5. The van der Waals surface area contributed by atoms with Crippen molar-refractivity contribution in [1.29, 1.82) is 0 Å². The number of rotatable bonds is 89. The van der Waals surface area contributed by atoms with Gasteiger partial charge in [0.25, 0.3) is 0 Å². The normalized spacial score (nSPS) is 13.7. The molecule has 0 heterocycles. The fraction of sp³-hybridized carbons (Fsp3) is 0.955. The Morgan fingerprint density at radius 1 is 0.250 bits per heavy atom. The SMILES string of the molecule is CCCCCCCCCCCCCCCCCCCCCCC(=O)OC[C@H](COP(=O)(O)OC[C@@H](O)COP(=O)(O)OC[C@@H](COC(=O)CCCCCCCCC)OC(=O)CCCCCCCCCCCCCCCCCCCCCC)OC(=O)CCCCCCCCCCCCCCCCCCCCC(C)C. The molecule has 2 unspecified atom stereocenters. The van der Waals surface area contributed by atoms with Crippen molar-refractivity contribution >= 4 is 39.5 Å². The highest BCUT2D eigenvalue weighted by Crippen LogP contribution is 2.45. The first-order valence-electron chi connectivity index (χ1n) is 46.1. The van der Waals surface area contributed by atoms with Gasteiger partial charge in [-0.2, -0.15) is 0 Å². The molecule has 0 fully saturated rings. The number of unbranched alkanes of at least 4 members (excludes halogenated alkanes) is 61. The van der Waals surface area contributed by atoms with E-state index in [2.05, 4.69) is 34.6 Å². The molecule has 642 valence electrons. The van der Waals surface area contributed by atoms with E-state index in [0.717, 1.165) is 109 Å². The van der Waals surface area contributed by atoms with Gasteiger partial charge in [-0.25, -0.2) is 9.13 Å². The summed E-state index contributed by atoms with van der Waals surface area (Å²) in [6.45, 7) is 7.37. The van der Waals surface area contributed by atoms with Gasteiger partial charge in [0, 0.05) is 25.7 Å². The van der Waals surface area contributed by atoms with Crippen LogP contribution < -0.4 is 0 Å². The number of phosphoric ester groups is 2. The molecule has 19 heteroatoms. The summed E-state index contributed by atoms with van der Waals surface area (Å²) in [5.74, 6) is -1.28. The van der Waals surface area contributed by atoms with E-state index >= 15 is 0 Å². The number of hydrogen-bond donors (Lipinski definition) is 3. The largest absolute Gasteiger partial charge is 0.472 e. The van der Waals surface area contributed by atoms with Gasteiger partial charge >= 0.3 is 39.5 Å². The van der Waals surface area contributed by atoms with Gasteiger partial charge in [0.05, 0.1) is 26.4 Å². The second kappa shape index (κ2) is 81.6. The first kappa shape index (κ1) is 106. The van der Waals surface area contributed by atoms with Crippen LogP contribution in [0.3, 0.4) is 0 Å². The van der Waals surface area contributed by atoms with E-state index in [9.17, 15) is 43.2 Å². The summed E-state index contributed by atoms with van der Waals surface area (Å²) >= 11 is 0. The van der Waals surface area contributed by atoms with E-state index < -0.39 is 97.5 Å². The Kier molecular flexibility index (Phi) is 80.2. The lowest BCUT2D eigenvalue weighted by Crippen LogP contribution is -2.30. The van der Waals surface area contributed by atoms with E-state index in [-0.39, 0.29) is 25.7 Å². The molecule has 0 aromatic carbocycles. The molecule has 17 nitrogen and oxygen atoms in total. The third-order valence-corrected chi connectivity index (χ3v) is 22.9. The van der Waals surface area contributed by atoms with E-state index in [1.807, 2.05) is 0 Å². The number of ether oxygens (including phenoxy) is 4. The van der Waals surface area contributed by atoms with Crippen molar-refractivity contribution in [1.82, 2.24) is 0 Å². The van der Waals surface area contributed by atoms with Crippen LogP contribution in [0.1, 0.15) is 484 Å². The zero-order chi connectivity index (χ0) is 79.0. The Hall–Kier alpha value is -1.94. The van der Waals surface area contributed by atoms with E-state index in [1.165, 1.54) is 295 Å². The smallest absolute Gasteiger partial charge is 0.462 e. The van der Waals surface area contributed by atoms with Crippen LogP contribution in [0.4, 0.5) is 0 Å². The molecule has 108 heavy (non-hydrogen) atoms. The average molecular weight is 1580 g/mol. The molecule has 0 saturated heterocycles. The minimum atomic E-state index is -4.97. The van der Waals surface area contributed by atoms with Crippen molar-refractivity contribution in [2.24, 2.45) is 5.92 Å². The molecular formula is C89H174O17P2. The predicted octanol–water partition coefficient (Wildman–Crippen LogP) is 27.5. The molecule has 0 aliphatic carbocycles. The van der Waals surface area contributed by atoms with E-state index in [0.29, 0.717) is 25.7 Å². The molecule has 0 aromatic rings. The topological polar surface area (TPSA) is 237 Å². The maximum absolute atomic E-state index is 13.2. The summed E-state index contributed by atoms with van der Waals surface area (Å²) in [6, 6.07) is 0. The molecule has 3 N–H and O–H groups in total. The van der Waals surface area contributed by atoms with Crippen LogP contribution in [0.2, 0.25) is 0 Å². The number of esters is 4. The van der Waals surface area contributed by atoms with Crippen LogP contribution in [0.5, 0.6) is 0 Å². The molecule has 0 amide bonds. The van der Waals surface area contributed by atoms with Gasteiger partial charge in [0.1, 0.15) is 19.3 Å². The van der Waals surface area contributed by atoms with Crippen molar-refractivity contribution in [2.45, 2.75) is 502 Å². The number of aliphatic hydroxyl groups excluding tert-OH is 1. The molecule has 0 rings (SSSR count). The summed E-state index contributed by atoms with van der Waals surface area (Å²) in [6.07, 6.45) is 76.8. The standard InChI is InChI=1S/C89H174O17P2/c1-6-9-12-15-18-20-22-24-26-28-30-32-37-41-45-49-53-58-63-68-73-87(92)100-79-85(106-89(94)75-70-65-60-55-51-47-43-39-35-34-36-40-44-48-52-57-61-66-71-82(4)5)81-104-108(97,98)102-77-83(90)76-101-107(95,96)103-80-84(78-99-86(91)72-67-62-56-17-14-11-8-3)105-88(93)74-69-64-59-54-50-46-42-38-33-31-29-27-25-23-21-19-16-13-10-7-2/h82-85,90H,6-81H2,1-5H3,(H,95,96)(H,97,98)/t83-,84+,85+/m0/s1. The fourth-order valence-electron chi connectivity index (χ4n) is 14.0. The average Bonchev–Trinajstić information content (AvgIpc) is 0.897. The van der Waals surface area contributed by atoms with Gasteiger partial charge in [0.2, 0.25) is 0 Å². The van der Waals surface area contributed by atoms with Gasteiger partial charge in [0.15, 0.2) is 12.2 Å². The molecule has 0 aromatic heterocycles. The third-order valence-electron chi connectivity index (χ3n) is 21.0. The Morgan fingerprint density at radius 3 is 0.630 bits per heavy atom. The first-order chi connectivity index (χ1) is 52.5. The Labute approximate surface area is 664 Å². The third kappa shape index (κ3) is 82.1. The molecule has 0 radical (unpaired) electrons. The highest BCUT2D eigenvalue weighted by molar-refractivity contribution is 7.47. The molecular weight excluding hydrogens is 1400 g/mol. The summed E-state index contributed by atoms with van der Waals surface area (Å²) in [4.78, 5) is 73.2. The van der Waals surface area contributed by atoms with Gasteiger partial charge in [-0.3, -0.25) is 37.3 Å². The lowest BCUT2D eigenvalue weighted by molar-refractivity contribution is -0.161. The van der Waals surface area contributed by atoms with Crippen molar-refractivity contribution in [2.75, 3.05) is 39.6 Å². The maximum Gasteiger partial charge on any atom is 0.472 e. The van der Waals surface area contributed by atoms with Gasteiger partial charge in [-0.15, -0.1) is 0 Å². The Balaban J connectivity index is 5.14. The number of carbonyl (C=O) groups excluding carboxylic acids is 4. The van der Waals surface area contributed by atoms with Gasteiger partial charge < -0.3 is 33.8 Å². The van der Waals surface area contributed by atoms with Gasteiger partial charge in [-0.1, -0.05) is 433 Å². The lowest BCUT2D eigenvalue weighted by atomic mass is 10.0. The summed E-state index contributed by atoms with van der Waals surface area (Å²) in [5, 5.41) is 10.7. The molecule has 0 aliphatic heterocycles. The molecule has 0 aliphatic rings. The zero-order valence-electron chi connectivity index (χ0n) is 71.0.